The van der Waals surface area contributed by atoms with Crippen molar-refractivity contribution in [3.8, 4) is 11.4 Å². The molecular weight excluding hydrogens is 190 g/mol. The van der Waals surface area contributed by atoms with Gasteiger partial charge in [-0.1, -0.05) is 18.2 Å². The predicted octanol–water partition coefficient (Wildman–Crippen LogP) is 1.11. The molecule has 0 bridgehead atoms. The van der Waals surface area contributed by atoms with Gasteiger partial charge in [-0.25, -0.2) is 4.68 Å². The third-order valence-electron chi connectivity index (χ3n) is 1.98. The first-order valence-corrected chi connectivity index (χ1v) is 4.54. The second-order valence-electron chi connectivity index (χ2n) is 3.10. The average molecular weight is 201 g/mol. The third kappa shape index (κ3) is 1.85. The number of hydrogen-bond donors (Lipinski definition) is 1. The van der Waals surface area contributed by atoms with E-state index in [4.69, 9.17) is 5.73 Å². The summed E-state index contributed by atoms with van der Waals surface area (Å²) in [6.45, 7) is 4.23. The number of aromatic nitrogens is 4. The van der Waals surface area contributed by atoms with E-state index in [1.54, 1.807) is 10.8 Å². The Bertz CT molecular complexity index is 474. The number of hydrogen-bond acceptors (Lipinski definition) is 4. The van der Waals surface area contributed by atoms with Crippen molar-refractivity contribution in [3.05, 3.63) is 36.9 Å². The summed E-state index contributed by atoms with van der Waals surface area (Å²) in [5.41, 5.74) is 7.29. The molecule has 0 aliphatic carbocycles. The second kappa shape index (κ2) is 3.91. The van der Waals surface area contributed by atoms with Crippen LogP contribution in [0.25, 0.3) is 11.4 Å². The number of benzene rings is 1. The van der Waals surface area contributed by atoms with Gasteiger partial charge in [0.2, 0.25) is 0 Å². The maximum absolute atomic E-state index is 5.69. The lowest BCUT2D eigenvalue weighted by atomic mass is 10.2. The van der Waals surface area contributed by atoms with Crippen LogP contribution in [0.3, 0.4) is 0 Å². The Balaban J connectivity index is 2.44. The van der Waals surface area contributed by atoms with Gasteiger partial charge >= 0.3 is 0 Å². The molecule has 0 saturated carbocycles. The van der Waals surface area contributed by atoms with Crippen molar-refractivity contribution in [3.63, 3.8) is 0 Å². The molecule has 0 saturated heterocycles. The number of allylic oxidation sites excluding steroid dienone is 1. The fraction of sp³-hybridized carbons (Fsp3) is 0.100. The van der Waals surface area contributed by atoms with E-state index in [0.29, 0.717) is 18.1 Å². The summed E-state index contributed by atoms with van der Waals surface area (Å²) in [5.74, 6) is 0.696. The highest BCUT2D eigenvalue weighted by Gasteiger charge is 2.07. The third-order valence-corrected chi connectivity index (χ3v) is 1.98. The summed E-state index contributed by atoms with van der Waals surface area (Å²) in [4.78, 5) is 0. The zero-order chi connectivity index (χ0) is 10.7. The van der Waals surface area contributed by atoms with Crippen molar-refractivity contribution in [2.45, 2.75) is 6.54 Å². The summed E-state index contributed by atoms with van der Waals surface area (Å²) < 4.78 is 1.67. The molecule has 0 aliphatic rings. The van der Waals surface area contributed by atoms with Crippen molar-refractivity contribution in [1.29, 1.82) is 0 Å². The molecular formula is C10H11N5. The maximum atomic E-state index is 5.69. The van der Waals surface area contributed by atoms with Crippen LogP contribution in [0, 0.1) is 0 Å². The van der Waals surface area contributed by atoms with Gasteiger partial charge in [0.15, 0.2) is 5.82 Å². The predicted molar refractivity (Wildman–Crippen MR) is 57.9 cm³/mol. The molecule has 5 heteroatoms. The van der Waals surface area contributed by atoms with Gasteiger partial charge in [-0.3, -0.25) is 0 Å². The van der Waals surface area contributed by atoms with E-state index >= 15 is 0 Å². The minimum atomic E-state index is 0.580. The summed E-state index contributed by atoms with van der Waals surface area (Å²) in [6, 6.07) is 7.45. The van der Waals surface area contributed by atoms with Gasteiger partial charge in [0, 0.05) is 11.3 Å². The molecule has 2 aromatic rings. The molecule has 1 aromatic carbocycles. The average Bonchev–Trinajstić information content (AvgIpc) is 2.66. The van der Waals surface area contributed by atoms with Gasteiger partial charge < -0.3 is 5.73 Å². The van der Waals surface area contributed by atoms with E-state index in [-0.39, 0.29) is 0 Å². The molecule has 1 heterocycles. The first kappa shape index (κ1) is 9.39. The SMILES string of the molecule is C=CCn1nnnc1-c1cccc(N)c1. The smallest absolute Gasteiger partial charge is 0.182 e. The van der Waals surface area contributed by atoms with E-state index in [1.807, 2.05) is 24.3 Å². The minimum Gasteiger partial charge on any atom is -0.399 e. The molecule has 5 nitrogen and oxygen atoms in total. The van der Waals surface area contributed by atoms with Crippen LogP contribution in [-0.2, 0) is 6.54 Å². The Labute approximate surface area is 87.2 Å². The lowest BCUT2D eigenvalue weighted by Gasteiger charge is -2.01. The summed E-state index contributed by atoms with van der Waals surface area (Å²) in [7, 11) is 0. The van der Waals surface area contributed by atoms with Crippen LogP contribution < -0.4 is 5.73 Å². The Morgan fingerprint density at radius 1 is 1.47 bits per heavy atom. The molecule has 2 rings (SSSR count). The van der Waals surface area contributed by atoms with Crippen LogP contribution in [0.2, 0.25) is 0 Å². The number of nitrogen functional groups attached to an aromatic ring is 1. The molecule has 0 amide bonds. The fourth-order valence-electron chi connectivity index (χ4n) is 1.33. The van der Waals surface area contributed by atoms with Crippen molar-refractivity contribution in [2.24, 2.45) is 0 Å². The summed E-state index contributed by atoms with van der Waals surface area (Å²) in [5, 5.41) is 11.4. The van der Waals surface area contributed by atoms with Crippen molar-refractivity contribution >= 4 is 5.69 Å². The number of nitrogens with zero attached hydrogens (tertiary/aromatic N) is 4. The van der Waals surface area contributed by atoms with Gasteiger partial charge in [-0.2, -0.15) is 0 Å². The van der Waals surface area contributed by atoms with E-state index in [1.165, 1.54) is 0 Å². The number of tetrazole rings is 1. The topological polar surface area (TPSA) is 69.6 Å². The van der Waals surface area contributed by atoms with Crippen LogP contribution in [0.1, 0.15) is 0 Å². The Morgan fingerprint density at radius 2 is 2.33 bits per heavy atom. The lowest BCUT2D eigenvalue weighted by Crippen LogP contribution is -2.00. The van der Waals surface area contributed by atoms with Crippen molar-refractivity contribution in [1.82, 2.24) is 20.2 Å². The van der Waals surface area contributed by atoms with Crippen LogP contribution in [0.5, 0.6) is 0 Å². The number of nitrogens with two attached hydrogens (primary N) is 1. The Kier molecular flexibility index (Phi) is 2.45. The van der Waals surface area contributed by atoms with E-state index in [0.717, 1.165) is 5.56 Å². The quantitative estimate of drug-likeness (QED) is 0.596. The second-order valence-corrected chi connectivity index (χ2v) is 3.10. The molecule has 0 atom stereocenters. The van der Waals surface area contributed by atoms with Gasteiger partial charge in [0.1, 0.15) is 0 Å². The Morgan fingerprint density at radius 3 is 3.07 bits per heavy atom. The van der Waals surface area contributed by atoms with Gasteiger partial charge in [0.05, 0.1) is 6.54 Å². The first-order valence-electron chi connectivity index (χ1n) is 4.54. The van der Waals surface area contributed by atoms with Crippen LogP contribution >= 0.6 is 0 Å². The highest BCUT2D eigenvalue weighted by atomic mass is 15.5. The van der Waals surface area contributed by atoms with Gasteiger partial charge in [0.25, 0.3) is 0 Å². The van der Waals surface area contributed by atoms with Gasteiger partial charge in [-0.05, 0) is 22.6 Å². The maximum Gasteiger partial charge on any atom is 0.182 e. The number of anilines is 1. The molecule has 0 radical (unpaired) electrons. The molecule has 2 N–H and O–H groups in total. The van der Waals surface area contributed by atoms with Gasteiger partial charge in [-0.15, -0.1) is 11.7 Å². The van der Waals surface area contributed by atoms with Crippen LogP contribution in [-0.4, -0.2) is 20.2 Å². The molecule has 0 spiro atoms. The molecule has 0 unspecified atom stereocenters. The van der Waals surface area contributed by atoms with Crippen LogP contribution in [0.4, 0.5) is 5.69 Å². The molecule has 0 fully saturated rings. The van der Waals surface area contributed by atoms with Crippen LogP contribution in [0.15, 0.2) is 36.9 Å². The lowest BCUT2D eigenvalue weighted by molar-refractivity contribution is 0.665. The normalized spacial score (nSPS) is 10.1. The van der Waals surface area contributed by atoms with Crippen molar-refractivity contribution < 1.29 is 0 Å². The molecule has 1 aromatic heterocycles. The largest absolute Gasteiger partial charge is 0.399 e. The molecule has 0 aliphatic heterocycles. The van der Waals surface area contributed by atoms with Crippen molar-refractivity contribution in [2.75, 3.05) is 5.73 Å². The van der Waals surface area contributed by atoms with E-state index in [9.17, 15) is 0 Å². The summed E-state index contributed by atoms with van der Waals surface area (Å²) in [6.07, 6.45) is 1.74. The minimum absolute atomic E-state index is 0.580. The van der Waals surface area contributed by atoms with E-state index < -0.39 is 0 Å². The molecule has 76 valence electrons. The molecule has 15 heavy (non-hydrogen) atoms. The highest BCUT2D eigenvalue weighted by Crippen LogP contribution is 2.17. The van der Waals surface area contributed by atoms with E-state index in [2.05, 4.69) is 22.1 Å². The summed E-state index contributed by atoms with van der Waals surface area (Å²) >= 11 is 0. The highest BCUT2D eigenvalue weighted by molar-refractivity contribution is 5.60. The zero-order valence-corrected chi connectivity index (χ0v) is 8.17. The monoisotopic (exact) mass is 201 g/mol. The Hall–Kier alpha value is -2.17. The zero-order valence-electron chi connectivity index (χ0n) is 8.17. The standard InChI is InChI=1S/C10H11N5/c1-2-6-15-10(12-13-14-15)8-4-3-5-9(11)7-8/h2-5,7H,1,6,11H2. The number of rotatable bonds is 3. The first-order chi connectivity index (χ1) is 7.31. The fourth-order valence-corrected chi connectivity index (χ4v) is 1.33.